The second-order valence-electron chi connectivity index (χ2n) is 11.3. The number of hydrogen-bond donors (Lipinski definition) is 4. The van der Waals surface area contributed by atoms with Crippen LogP contribution in [0.3, 0.4) is 0 Å². The summed E-state index contributed by atoms with van der Waals surface area (Å²) in [5.74, 6) is -1.31. The average Bonchev–Trinajstić information content (AvgIpc) is 3.14. The van der Waals surface area contributed by atoms with E-state index in [2.05, 4.69) is 15.2 Å². The Hall–Kier alpha value is -2.39. The number of aromatic nitrogens is 2. The van der Waals surface area contributed by atoms with Gasteiger partial charge in [0.25, 0.3) is 0 Å². The Labute approximate surface area is 252 Å². The summed E-state index contributed by atoms with van der Waals surface area (Å²) in [6, 6.07) is -0.767. The number of nitrogens with one attached hydrogen (secondary N) is 2. The molecule has 2 heterocycles. The van der Waals surface area contributed by atoms with Gasteiger partial charge in [0.1, 0.15) is 29.9 Å². The van der Waals surface area contributed by atoms with E-state index in [-0.39, 0.29) is 43.8 Å². The van der Waals surface area contributed by atoms with E-state index < -0.39 is 68.0 Å². The summed E-state index contributed by atoms with van der Waals surface area (Å²) < 4.78 is 42.3. The lowest BCUT2D eigenvalue weighted by Gasteiger charge is -2.30. The lowest BCUT2D eigenvalue weighted by Crippen LogP contribution is -2.47. The van der Waals surface area contributed by atoms with Gasteiger partial charge in [-0.1, -0.05) is 27.7 Å². The molecule has 246 valence electrons. The van der Waals surface area contributed by atoms with E-state index in [0.29, 0.717) is 0 Å². The van der Waals surface area contributed by atoms with E-state index in [1.165, 1.54) is 26.3 Å². The Bertz CT molecular complexity index is 1140. The van der Waals surface area contributed by atoms with Crippen molar-refractivity contribution in [3.8, 4) is 5.88 Å². The molecule has 43 heavy (non-hydrogen) atoms. The van der Waals surface area contributed by atoms with Crippen molar-refractivity contribution in [2.24, 2.45) is 11.8 Å². The molecule has 1 saturated heterocycles. The highest BCUT2D eigenvalue weighted by molar-refractivity contribution is 7.54. The van der Waals surface area contributed by atoms with Gasteiger partial charge in [-0.15, -0.1) is 0 Å². The van der Waals surface area contributed by atoms with Crippen LogP contribution in [0.1, 0.15) is 67.5 Å². The van der Waals surface area contributed by atoms with Crippen molar-refractivity contribution in [3.05, 3.63) is 22.7 Å². The van der Waals surface area contributed by atoms with Crippen LogP contribution in [0.2, 0.25) is 0 Å². The number of aliphatic hydroxyl groups excluding tert-OH is 1. The first-order valence-corrected chi connectivity index (χ1v) is 16.0. The minimum absolute atomic E-state index is 0.0147. The zero-order valence-electron chi connectivity index (χ0n) is 26.1. The van der Waals surface area contributed by atoms with Crippen LogP contribution in [0.4, 0.5) is 0 Å². The SMILES string of the molecule is CCOC(=O)C(CC(C)C)NP(=O)(NC(CC(C)C)C(=O)OCC)OC[C@H]1OC(n2ccc(OC)nc2=O)[C@@](C)(O)C1O. The second-order valence-corrected chi connectivity index (χ2v) is 13.2. The predicted octanol–water partition coefficient (Wildman–Crippen LogP) is 1.52. The fourth-order valence-electron chi connectivity index (χ4n) is 4.60. The molecule has 1 aliphatic rings. The number of carbonyl (C=O) groups excluding carboxylic acids is 2. The summed E-state index contributed by atoms with van der Waals surface area (Å²) >= 11 is 0. The Balaban J connectivity index is 2.40. The zero-order chi connectivity index (χ0) is 32.5. The van der Waals surface area contributed by atoms with E-state index >= 15 is 0 Å². The van der Waals surface area contributed by atoms with E-state index in [4.69, 9.17) is 23.5 Å². The molecule has 0 aliphatic carbocycles. The lowest BCUT2D eigenvalue weighted by atomic mass is 9.96. The van der Waals surface area contributed by atoms with Crippen molar-refractivity contribution < 1.29 is 47.8 Å². The molecule has 6 atom stereocenters. The van der Waals surface area contributed by atoms with Gasteiger partial charge in [-0.2, -0.15) is 4.98 Å². The topological polar surface area (TPSA) is 197 Å². The molecular formula is C27H47N4O11P. The number of rotatable bonds is 17. The van der Waals surface area contributed by atoms with Crippen LogP contribution in [0.5, 0.6) is 5.88 Å². The Morgan fingerprint density at radius 2 is 1.60 bits per heavy atom. The van der Waals surface area contributed by atoms with Gasteiger partial charge >= 0.3 is 25.3 Å². The summed E-state index contributed by atoms with van der Waals surface area (Å²) in [7, 11) is -2.96. The van der Waals surface area contributed by atoms with E-state index in [9.17, 15) is 29.2 Å². The predicted molar refractivity (Wildman–Crippen MR) is 155 cm³/mol. The van der Waals surface area contributed by atoms with E-state index in [1.807, 2.05) is 27.7 Å². The van der Waals surface area contributed by atoms with Gasteiger partial charge < -0.3 is 33.7 Å². The summed E-state index contributed by atoms with van der Waals surface area (Å²) in [5.41, 5.74) is -2.79. The van der Waals surface area contributed by atoms with Gasteiger partial charge in [0.15, 0.2) is 6.23 Å². The van der Waals surface area contributed by atoms with Crippen LogP contribution >= 0.6 is 7.67 Å². The Morgan fingerprint density at radius 3 is 2.02 bits per heavy atom. The van der Waals surface area contributed by atoms with E-state index in [1.54, 1.807) is 13.8 Å². The molecule has 16 heteroatoms. The maximum atomic E-state index is 14.4. The molecule has 1 aromatic rings. The van der Waals surface area contributed by atoms with Gasteiger partial charge in [0.2, 0.25) is 5.88 Å². The molecule has 0 radical (unpaired) electrons. The van der Waals surface area contributed by atoms with Gasteiger partial charge in [-0.05, 0) is 45.4 Å². The molecule has 0 aromatic carbocycles. The van der Waals surface area contributed by atoms with Crippen LogP contribution in [-0.2, 0) is 32.9 Å². The van der Waals surface area contributed by atoms with Gasteiger partial charge in [-0.25, -0.2) is 15.0 Å². The normalized spacial score (nSPS) is 24.9. The van der Waals surface area contributed by atoms with Gasteiger partial charge in [0, 0.05) is 12.3 Å². The average molecular weight is 635 g/mol. The number of esters is 2. The fourth-order valence-corrected chi connectivity index (χ4v) is 6.42. The van der Waals surface area contributed by atoms with Crippen LogP contribution < -0.4 is 20.6 Å². The highest BCUT2D eigenvalue weighted by Crippen LogP contribution is 2.44. The minimum atomic E-state index is -4.30. The van der Waals surface area contributed by atoms with Crippen molar-refractivity contribution in [1.29, 1.82) is 0 Å². The van der Waals surface area contributed by atoms with E-state index in [0.717, 1.165) is 4.57 Å². The summed E-state index contributed by atoms with van der Waals surface area (Å²) in [6.45, 7) is 11.6. The van der Waals surface area contributed by atoms with Gasteiger partial charge in [0.05, 0.1) is 26.9 Å². The number of aliphatic hydroxyl groups is 2. The van der Waals surface area contributed by atoms with Crippen molar-refractivity contribution in [2.45, 2.75) is 97.4 Å². The first-order valence-electron chi connectivity index (χ1n) is 14.4. The molecule has 0 amide bonds. The highest BCUT2D eigenvalue weighted by Gasteiger charge is 2.54. The van der Waals surface area contributed by atoms with Gasteiger partial charge in [-0.3, -0.25) is 18.7 Å². The van der Waals surface area contributed by atoms with Crippen molar-refractivity contribution in [2.75, 3.05) is 26.9 Å². The molecule has 2 rings (SSSR count). The maximum absolute atomic E-state index is 14.4. The molecule has 0 spiro atoms. The number of nitrogens with zero attached hydrogens (tertiary/aromatic N) is 2. The monoisotopic (exact) mass is 634 g/mol. The Morgan fingerprint density at radius 1 is 1.09 bits per heavy atom. The van der Waals surface area contributed by atoms with Crippen molar-refractivity contribution in [1.82, 2.24) is 19.7 Å². The Kier molecular flexibility index (Phi) is 13.8. The van der Waals surface area contributed by atoms with Crippen LogP contribution in [-0.4, -0.2) is 88.5 Å². The molecule has 1 aliphatic heterocycles. The molecule has 15 nitrogen and oxygen atoms in total. The highest BCUT2D eigenvalue weighted by atomic mass is 31.2. The molecule has 1 fully saturated rings. The quantitative estimate of drug-likeness (QED) is 0.142. The van der Waals surface area contributed by atoms with Crippen molar-refractivity contribution >= 4 is 19.6 Å². The second kappa shape index (κ2) is 16.1. The number of methoxy groups -OCH3 is 1. The third-order valence-corrected chi connectivity index (χ3v) is 8.47. The van der Waals surface area contributed by atoms with Crippen LogP contribution in [0.15, 0.2) is 17.1 Å². The fraction of sp³-hybridized carbons (Fsp3) is 0.778. The largest absolute Gasteiger partial charge is 0.481 e. The zero-order valence-corrected chi connectivity index (χ0v) is 27.0. The summed E-state index contributed by atoms with van der Waals surface area (Å²) in [5, 5.41) is 27.5. The summed E-state index contributed by atoms with van der Waals surface area (Å²) in [6.07, 6.45) is -2.52. The number of hydrogen-bond acceptors (Lipinski definition) is 12. The molecule has 4 N–H and O–H groups in total. The van der Waals surface area contributed by atoms with Crippen LogP contribution in [0.25, 0.3) is 0 Å². The minimum Gasteiger partial charge on any atom is -0.481 e. The lowest BCUT2D eigenvalue weighted by molar-refractivity contribution is -0.146. The molecule has 0 saturated carbocycles. The maximum Gasteiger partial charge on any atom is 0.353 e. The molecular weight excluding hydrogens is 587 g/mol. The first kappa shape index (κ1) is 36.8. The summed E-state index contributed by atoms with van der Waals surface area (Å²) in [4.78, 5) is 41.9. The number of carbonyl (C=O) groups is 2. The van der Waals surface area contributed by atoms with Crippen LogP contribution in [0, 0.1) is 11.8 Å². The van der Waals surface area contributed by atoms with Crippen molar-refractivity contribution in [3.63, 3.8) is 0 Å². The molecule has 1 aromatic heterocycles. The standard InChI is InChI=1S/C27H47N4O11P/c1-9-39-23(33)18(13-16(3)4)29-43(37,30-19(14-17(5)6)24(34)40-10-2)41-15-20-22(32)27(7,36)25(42-20)31-12-11-21(38-8)28-26(31)35/h11-12,16-20,22,25,32,36H,9-10,13-15H2,1-8H3,(H2,29,30,37)/t18?,19?,20-,22?,25?,27+,43?/m1/s1. The molecule has 0 bridgehead atoms. The first-order chi connectivity index (χ1) is 20.1. The third-order valence-electron chi connectivity index (χ3n) is 6.65. The number of ether oxygens (including phenoxy) is 4. The smallest absolute Gasteiger partial charge is 0.353 e. The molecule has 4 unspecified atom stereocenters. The third kappa shape index (κ3) is 10.1.